The Hall–Kier alpha value is -2.17. The van der Waals surface area contributed by atoms with E-state index >= 15 is 0 Å². The molecule has 1 aromatic carbocycles. The average molecular weight is 493 g/mol. The molecule has 2 aromatic heterocycles. The summed E-state index contributed by atoms with van der Waals surface area (Å²) in [7, 11) is 0. The molecule has 2 aliphatic rings. The quantitative estimate of drug-likeness (QED) is 0.595. The van der Waals surface area contributed by atoms with Gasteiger partial charge in [0.05, 0.1) is 29.4 Å². The van der Waals surface area contributed by atoms with Gasteiger partial charge in [-0.05, 0) is 53.7 Å². The van der Waals surface area contributed by atoms with Crippen LogP contribution in [0.5, 0.6) is 0 Å². The number of fused-ring (bicyclic) bond motifs is 1. The number of aromatic nitrogens is 4. The summed E-state index contributed by atoms with van der Waals surface area (Å²) in [6, 6.07) is 4.52. The van der Waals surface area contributed by atoms with Gasteiger partial charge in [-0.25, -0.2) is 13.8 Å². The topological polar surface area (TPSA) is 67.6 Å². The molecule has 0 unspecified atom stereocenters. The summed E-state index contributed by atoms with van der Waals surface area (Å²) >= 11 is 3.42. The Morgan fingerprint density at radius 2 is 1.74 bits per heavy atom. The predicted octanol–water partition coefficient (Wildman–Crippen LogP) is 3.89. The van der Waals surface area contributed by atoms with Crippen LogP contribution >= 0.6 is 15.9 Å². The number of hydrogen-bond acceptors (Lipinski definition) is 6. The molecule has 164 valence electrons. The van der Waals surface area contributed by atoms with Crippen molar-refractivity contribution in [3.63, 3.8) is 0 Å². The van der Waals surface area contributed by atoms with E-state index in [-0.39, 0.29) is 17.4 Å². The minimum Gasteiger partial charge on any atom is -0.379 e. The Morgan fingerprint density at radius 3 is 2.45 bits per heavy atom. The number of ether oxygens (including phenoxy) is 1. The third kappa shape index (κ3) is 4.16. The van der Waals surface area contributed by atoms with Crippen LogP contribution < -0.4 is 5.32 Å². The predicted molar refractivity (Wildman–Crippen MR) is 116 cm³/mol. The average Bonchev–Trinajstić information content (AvgIpc) is 3.16. The summed E-state index contributed by atoms with van der Waals surface area (Å²) in [6.45, 7) is 3.60. The third-order valence-electron chi connectivity index (χ3n) is 6.10. The summed E-state index contributed by atoms with van der Waals surface area (Å²) in [5.41, 5.74) is 0.217. The van der Waals surface area contributed by atoms with E-state index in [2.05, 4.69) is 41.2 Å². The molecule has 2 fully saturated rings. The van der Waals surface area contributed by atoms with Gasteiger partial charge >= 0.3 is 0 Å². The van der Waals surface area contributed by atoms with Crippen LogP contribution in [0.3, 0.4) is 0 Å². The molecule has 1 N–H and O–H groups in total. The van der Waals surface area contributed by atoms with Crippen molar-refractivity contribution >= 4 is 27.5 Å². The highest BCUT2D eigenvalue weighted by molar-refractivity contribution is 9.10. The van der Waals surface area contributed by atoms with E-state index in [9.17, 15) is 8.78 Å². The zero-order chi connectivity index (χ0) is 21.4. The Labute approximate surface area is 186 Å². The summed E-state index contributed by atoms with van der Waals surface area (Å²) < 4.78 is 36.4. The van der Waals surface area contributed by atoms with Crippen LogP contribution in [0, 0.1) is 11.6 Å². The molecule has 0 radical (unpaired) electrons. The molecule has 31 heavy (non-hydrogen) atoms. The first-order chi connectivity index (χ1) is 15.1. The minimum absolute atomic E-state index is 0.00574. The molecule has 10 heteroatoms. The monoisotopic (exact) mass is 492 g/mol. The lowest BCUT2D eigenvalue weighted by Crippen LogP contribution is -2.46. The van der Waals surface area contributed by atoms with Crippen molar-refractivity contribution in [1.82, 2.24) is 24.5 Å². The fraction of sp³-hybridized carbons (Fsp3) is 0.476. The van der Waals surface area contributed by atoms with Crippen LogP contribution in [0.1, 0.15) is 25.7 Å². The van der Waals surface area contributed by atoms with Crippen LogP contribution in [0.15, 0.2) is 28.9 Å². The van der Waals surface area contributed by atoms with Gasteiger partial charge in [0, 0.05) is 25.2 Å². The number of nitrogens with one attached hydrogen (secondary N) is 1. The molecule has 3 aromatic rings. The van der Waals surface area contributed by atoms with Crippen molar-refractivity contribution in [3.05, 3.63) is 40.5 Å². The molecule has 1 aliphatic carbocycles. The molecule has 0 atom stereocenters. The van der Waals surface area contributed by atoms with E-state index in [0.29, 0.717) is 22.1 Å². The molecule has 0 bridgehead atoms. The lowest BCUT2D eigenvalue weighted by Gasteiger charge is -2.38. The fourth-order valence-electron chi connectivity index (χ4n) is 4.48. The van der Waals surface area contributed by atoms with E-state index in [4.69, 9.17) is 4.74 Å². The second kappa shape index (κ2) is 8.76. The fourth-order valence-corrected chi connectivity index (χ4v) is 4.83. The van der Waals surface area contributed by atoms with E-state index in [1.165, 1.54) is 18.2 Å². The smallest absolute Gasteiger partial charge is 0.228 e. The van der Waals surface area contributed by atoms with E-state index in [1.807, 2.05) is 0 Å². The number of halogens is 3. The lowest BCUT2D eigenvalue weighted by molar-refractivity contribution is 0.00789. The van der Waals surface area contributed by atoms with Crippen LogP contribution in [0.2, 0.25) is 0 Å². The van der Waals surface area contributed by atoms with E-state index < -0.39 is 11.6 Å². The van der Waals surface area contributed by atoms with Gasteiger partial charge in [0.15, 0.2) is 11.5 Å². The van der Waals surface area contributed by atoms with Crippen molar-refractivity contribution in [2.45, 2.75) is 37.8 Å². The Bertz CT molecular complexity index is 1060. The van der Waals surface area contributed by atoms with Crippen molar-refractivity contribution in [2.24, 2.45) is 0 Å². The molecule has 1 saturated carbocycles. The maximum atomic E-state index is 14.4. The molecule has 7 nitrogen and oxygen atoms in total. The normalized spacial score (nSPS) is 22.7. The number of anilines is 1. The summed E-state index contributed by atoms with van der Waals surface area (Å²) in [5, 5.41) is 7.77. The second-order valence-corrected chi connectivity index (χ2v) is 8.85. The summed E-state index contributed by atoms with van der Waals surface area (Å²) in [5.74, 6) is -0.967. The first kappa shape index (κ1) is 20.7. The maximum Gasteiger partial charge on any atom is 0.228 e. The van der Waals surface area contributed by atoms with Crippen LogP contribution in [-0.2, 0) is 4.74 Å². The van der Waals surface area contributed by atoms with Gasteiger partial charge in [0.1, 0.15) is 11.6 Å². The molecule has 1 saturated heterocycles. The zero-order valence-electron chi connectivity index (χ0n) is 16.9. The minimum atomic E-state index is -0.697. The first-order valence-electron chi connectivity index (χ1n) is 10.5. The van der Waals surface area contributed by atoms with Gasteiger partial charge in [-0.1, -0.05) is 6.07 Å². The standard InChI is InChI=1S/C21H23BrF2N6O/c22-15-12-25-30-20(15)27-19(18-16(23)2-1-3-17(18)24)28-21(30)26-13-4-6-14(7-5-13)29-8-10-31-11-9-29/h1-3,12-14H,4-11H2,(H,26,27,28). The molecule has 1 aliphatic heterocycles. The molecule has 3 heterocycles. The Balaban J connectivity index is 1.40. The maximum absolute atomic E-state index is 14.4. The van der Waals surface area contributed by atoms with Crippen LogP contribution in [0.25, 0.3) is 17.0 Å². The Kier molecular flexibility index (Phi) is 5.85. The van der Waals surface area contributed by atoms with Gasteiger partial charge in [-0.2, -0.15) is 14.6 Å². The van der Waals surface area contributed by atoms with E-state index in [1.54, 1.807) is 10.7 Å². The van der Waals surface area contributed by atoms with Gasteiger partial charge < -0.3 is 10.1 Å². The number of rotatable bonds is 4. The van der Waals surface area contributed by atoms with Crippen molar-refractivity contribution in [2.75, 3.05) is 31.6 Å². The highest BCUT2D eigenvalue weighted by Gasteiger charge is 2.28. The van der Waals surface area contributed by atoms with Crippen molar-refractivity contribution in [1.29, 1.82) is 0 Å². The van der Waals surface area contributed by atoms with Crippen LogP contribution in [0.4, 0.5) is 14.7 Å². The number of morpholine rings is 1. The van der Waals surface area contributed by atoms with Crippen LogP contribution in [-0.4, -0.2) is 62.9 Å². The third-order valence-corrected chi connectivity index (χ3v) is 6.66. The molecule has 0 spiro atoms. The summed E-state index contributed by atoms with van der Waals surface area (Å²) in [6.07, 6.45) is 5.75. The van der Waals surface area contributed by atoms with Gasteiger partial charge in [-0.15, -0.1) is 0 Å². The van der Waals surface area contributed by atoms with Gasteiger partial charge in [0.2, 0.25) is 5.95 Å². The number of nitrogens with zero attached hydrogens (tertiary/aromatic N) is 5. The lowest BCUT2D eigenvalue weighted by atomic mass is 9.90. The molecule has 5 rings (SSSR count). The molecular formula is C21H23BrF2N6O. The zero-order valence-corrected chi connectivity index (χ0v) is 18.5. The highest BCUT2D eigenvalue weighted by atomic mass is 79.9. The summed E-state index contributed by atoms with van der Waals surface area (Å²) in [4.78, 5) is 11.3. The SMILES string of the molecule is Fc1cccc(F)c1-c1nc(NC2CCC(N3CCOCC3)CC2)n2ncc(Br)c2n1. The molecule has 0 amide bonds. The van der Waals surface area contributed by atoms with Gasteiger partial charge in [-0.3, -0.25) is 4.90 Å². The first-order valence-corrected chi connectivity index (χ1v) is 11.3. The number of benzene rings is 1. The Morgan fingerprint density at radius 1 is 1.03 bits per heavy atom. The van der Waals surface area contributed by atoms with Gasteiger partial charge in [0.25, 0.3) is 0 Å². The van der Waals surface area contributed by atoms with E-state index in [0.717, 1.165) is 52.0 Å². The highest BCUT2D eigenvalue weighted by Crippen LogP contribution is 2.29. The number of hydrogen-bond donors (Lipinski definition) is 1. The van der Waals surface area contributed by atoms with Crippen molar-refractivity contribution < 1.29 is 13.5 Å². The van der Waals surface area contributed by atoms with Crippen molar-refractivity contribution in [3.8, 4) is 11.4 Å². The molecular weight excluding hydrogens is 470 g/mol. The second-order valence-electron chi connectivity index (χ2n) is 7.99. The largest absolute Gasteiger partial charge is 0.379 e.